The van der Waals surface area contributed by atoms with Crippen molar-refractivity contribution in [3.63, 3.8) is 0 Å². The lowest BCUT2D eigenvalue weighted by atomic mass is 10.1. The Morgan fingerprint density at radius 2 is 2.10 bits per heavy atom. The Hall–Kier alpha value is -2.22. The van der Waals surface area contributed by atoms with Gasteiger partial charge in [-0.25, -0.2) is 4.39 Å². The average Bonchev–Trinajstić information content (AvgIpc) is 2.97. The molecule has 7 nitrogen and oxygen atoms in total. The van der Waals surface area contributed by atoms with Gasteiger partial charge in [-0.15, -0.1) is 0 Å². The van der Waals surface area contributed by atoms with Crippen LogP contribution in [-0.4, -0.2) is 17.4 Å². The second-order valence-corrected chi connectivity index (χ2v) is 5.11. The van der Waals surface area contributed by atoms with E-state index in [4.69, 9.17) is 5.84 Å². The molecule has 0 bridgehead atoms. The zero-order chi connectivity index (χ0) is 15.4. The van der Waals surface area contributed by atoms with Crippen LogP contribution in [0.1, 0.15) is 36.0 Å². The Labute approximate surface area is 120 Å². The first kappa shape index (κ1) is 15.2. The van der Waals surface area contributed by atoms with Gasteiger partial charge in [0.2, 0.25) is 0 Å². The van der Waals surface area contributed by atoms with Crippen molar-refractivity contribution in [2.75, 3.05) is 12.0 Å². The number of anilines is 1. The Kier molecular flexibility index (Phi) is 4.69. The molecule has 8 heteroatoms. The van der Waals surface area contributed by atoms with Crippen molar-refractivity contribution in [1.29, 1.82) is 0 Å². The first-order valence-corrected chi connectivity index (χ1v) is 6.75. The third-order valence-corrected chi connectivity index (χ3v) is 3.71. The molecule has 0 aromatic heterocycles. The fourth-order valence-electron chi connectivity index (χ4n) is 2.55. The largest absolute Gasteiger partial charge is 0.352 e. The molecular weight excluding hydrogens is 279 g/mol. The molecule has 21 heavy (non-hydrogen) atoms. The van der Waals surface area contributed by atoms with Crippen molar-refractivity contribution in [2.45, 2.75) is 25.7 Å². The number of halogens is 1. The van der Waals surface area contributed by atoms with Crippen molar-refractivity contribution < 1.29 is 14.1 Å². The number of carbonyl (C=O) groups is 1. The summed E-state index contributed by atoms with van der Waals surface area (Å²) in [6.45, 7) is 0.471. The van der Waals surface area contributed by atoms with Crippen LogP contribution >= 0.6 is 0 Å². The molecule has 1 aromatic rings. The van der Waals surface area contributed by atoms with Crippen LogP contribution < -0.4 is 16.6 Å². The molecule has 0 heterocycles. The standard InChI is InChI=1S/C13H17FN4O3/c14-10-6-12(18(20)21)9(5-11(10)17-15)13(19)16-7-8-3-1-2-4-8/h5-6,8,17H,1-4,7,15H2,(H,16,19). The zero-order valence-corrected chi connectivity index (χ0v) is 11.4. The van der Waals surface area contributed by atoms with Crippen molar-refractivity contribution >= 4 is 17.3 Å². The highest BCUT2D eigenvalue weighted by Crippen LogP contribution is 2.27. The van der Waals surface area contributed by atoms with Crippen molar-refractivity contribution in [2.24, 2.45) is 11.8 Å². The summed E-state index contributed by atoms with van der Waals surface area (Å²) in [5.41, 5.74) is 1.14. The maximum Gasteiger partial charge on any atom is 0.285 e. The molecule has 0 spiro atoms. The van der Waals surface area contributed by atoms with E-state index in [-0.39, 0.29) is 11.3 Å². The predicted molar refractivity (Wildman–Crippen MR) is 75.2 cm³/mol. The third-order valence-electron chi connectivity index (χ3n) is 3.71. The number of nitro benzene ring substituents is 1. The van der Waals surface area contributed by atoms with Gasteiger partial charge >= 0.3 is 0 Å². The molecule has 2 rings (SSSR count). The molecule has 1 aliphatic rings. The fourth-order valence-corrected chi connectivity index (χ4v) is 2.55. The Balaban J connectivity index is 2.19. The van der Waals surface area contributed by atoms with Crippen LogP contribution in [0.2, 0.25) is 0 Å². The highest BCUT2D eigenvalue weighted by atomic mass is 19.1. The van der Waals surface area contributed by atoms with Gasteiger partial charge in [0.25, 0.3) is 11.6 Å². The summed E-state index contributed by atoms with van der Waals surface area (Å²) in [5, 5.41) is 13.6. The van der Waals surface area contributed by atoms with E-state index in [9.17, 15) is 19.3 Å². The summed E-state index contributed by atoms with van der Waals surface area (Å²) in [4.78, 5) is 22.3. The summed E-state index contributed by atoms with van der Waals surface area (Å²) >= 11 is 0. The predicted octanol–water partition coefficient (Wildman–Crippen LogP) is 1.94. The van der Waals surface area contributed by atoms with E-state index in [0.29, 0.717) is 18.5 Å². The average molecular weight is 296 g/mol. The fraction of sp³-hybridized carbons (Fsp3) is 0.462. The molecule has 1 fully saturated rings. The summed E-state index contributed by atoms with van der Waals surface area (Å²) in [5.74, 6) is 4.06. The number of benzene rings is 1. The van der Waals surface area contributed by atoms with E-state index in [1.807, 2.05) is 0 Å². The van der Waals surface area contributed by atoms with Crippen LogP contribution in [0.15, 0.2) is 12.1 Å². The molecule has 1 saturated carbocycles. The van der Waals surface area contributed by atoms with E-state index in [1.165, 1.54) is 0 Å². The topological polar surface area (TPSA) is 110 Å². The minimum Gasteiger partial charge on any atom is -0.352 e. The first-order chi connectivity index (χ1) is 10.0. The van der Waals surface area contributed by atoms with Crippen LogP contribution in [0.3, 0.4) is 0 Å². The van der Waals surface area contributed by atoms with E-state index in [2.05, 4.69) is 10.7 Å². The van der Waals surface area contributed by atoms with Gasteiger partial charge in [0, 0.05) is 6.54 Å². The lowest BCUT2D eigenvalue weighted by Gasteiger charge is -2.11. The number of rotatable bonds is 5. The second-order valence-electron chi connectivity index (χ2n) is 5.11. The Morgan fingerprint density at radius 3 is 2.67 bits per heavy atom. The normalized spacial score (nSPS) is 15.0. The van der Waals surface area contributed by atoms with Crippen LogP contribution in [0, 0.1) is 21.8 Å². The number of nitro groups is 1. The lowest BCUT2D eigenvalue weighted by molar-refractivity contribution is -0.385. The molecule has 1 aromatic carbocycles. The van der Waals surface area contributed by atoms with Crippen LogP contribution in [0.5, 0.6) is 0 Å². The maximum absolute atomic E-state index is 13.5. The Bertz CT molecular complexity index is 559. The third kappa shape index (κ3) is 3.46. The van der Waals surface area contributed by atoms with Gasteiger partial charge in [0.1, 0.15) is 5.56 Å². The van der Waals surface area contributed by atoms with E-state index >= 15 is 0 Å². The lowest BCUT2D eigenvalue weighted by Crippen LogP contribution is -2.29. The minimum absolute atomic E-state index is 0.161. The molecule has 1 amide bonds. The van der Waals surface area contributed by atoms with Crippen molar-refractivity contribution in [3.05, 3.63) is 33.6 Å². The van der Waals surface area contributed by atoms with Crippen LogP contribution in [0.4, 0.5) is 15.8 Å². The van der Waals surface area contributed by atoms with Gasteiger partial charge in [-0.2, -0.15) is 0 Å². The second kappa shape index (κ2) is 6.49. The zero-order valence-electron chi connectivity index (χ0n) is 11.4. The van der Waals surface area contributed by atoms with Crippen molar-refractivity contribution in [1.82, 2.24) is 5.32 Å². The monoisotopic (exact) mass is 296 g/mol. The number of hydrazine groups is 1. The molecule has 0 unspecified atom stereocenters. The number of nitrogen functional groups attached to an aromatic ring is 1. The summed E-state index contributed by atoms with van der Waals surface area (Å²) < 4.78 is 13.5. The maximum atomic E-state index is 13.5. The highest BCUT2D eigenvalue weighted by molar-refractivity contribution is 5.99. The number of amides is 1. The number of nitrogens with one attached hydrogen (secondary N) is 2. The van der Waals surface area contributed by atoms with E-state index < -0.39 is 22.3 Å². The highest BCUT2D eigenvalue weighted by Gasteiger charge is 2.24. The SMILES string of the molecule is NNc1cc(C(=O)NCC2CCCC2)c([N+](=O)[O-])cc1F. The first-order valence-electron chi connectivity index (χ1n) is 6.75. The molecule has 0 aliphatic heterocycles. The molecule has 1 aliphatic carbocycles. The summed E-state index contributed by atoms with van der Waals surface area (Å²) in [7, 11) is 0. The van der Waals surface area contributed by atoms with Crippen molar-refractivity contribution in [3.8, 4) is 0 Å². The van der Waals surface area contributed by atoms with Gasteiger partial charge in [-0.3, -0.25) is 20.8 Å². The molecule has 0 saturated heterocycles. The van der Waals surface area contributed by atoms with Gasteiger partial charge in [0.05, 0.1) is 16.7 Å². The van der Waals surface area contributed by atoms with Gasteiger partial charge in [-0.05, 0) is 24.8 Å². The van der Waals surface area contributed by atoms with Crippen LogP contribution in [0.25, 0.3) is 0 Å². The summed E-state index contributed by atoms with van der Waals surface area (Å²) in [6.07, 6.45) is 4.36. The van der Waals surface area contributed by atoms with Gasteiger partial charge < -0.3 is 10.7 Å². The molecule has 0 radical (unpaired) electrons. The number of nitrogens with two attached hydrogens (primary N) is 1. The number of carbonyl (C=O) groups excluding carboxylic acids is 1. The molecule has 114 valence electrons. The Morgan fingerprint density at radius 1 is 1.43 bits per heavy atom. The molecule has 0 atom stereocenters. The molecular formula is C13H17FN4O3. The quantitative estimate of drug-likeness (QED) is 0.437. The number of hydrogen-bond acceptors (Lipinski definition) is 5. The number of nitrogens with zero attached hydrogens (tertiary/aromatic N) is 1. The molecule has 4 N–H and O–H groups in total. The van der Waals surface area contributed by atoms with E-state index in [0.717, 1.165) is 31.7 Å². The number of hydrogen-bond donors (Lipinski definition) is 3. The smallest absolute Gasteiger partial charge is 0.285 e. The minimum atomic E-state index is -0.878. The van der Waals surface area contributed by atoms with Gasteiger partial charge in [-0.1, -0.05) is 12.8 Å². The van der Waals surface area contributed by atoms with Gasteiger partial charge in [0.15, 0.2) is 5.82 Å². The van der Waals surface area contributed by atoms with Crippen LogP contribution in [-0.2, 0) is 0 Å². The summed E-state index contributed by atoms with van der Waals surface area (Å²) in [6, 6.07) is 1.75. The van der Waals surface area contributed by atoms with E-state index in [1.54, 1.807) is 0 Å².